The quantitative estimate of drug-likeness (QED) is 0.0661. The number of hydroxylamine groups is 2. The predicted octanol–water partition coefficient (Wildman–Crippen LogP) is 5.61. The lowest BCUT2D eigenvalue weighted by Gasteiger charge is -2.39. The first-order valence-corrected chi connectivity index (χ1v) is 20.8. The van der Waals surface area contributed by atoms with Crippen molar-refractivity contribution in [3.8, 4) is 0 Å². The van der Waals surface area contributed by atoms with Gasteiger partial charge in [-0.1, -0.05) is 98.0 Å². The number of nitrogens with one attached hydrogen (secondary N) is 1. The van der Waals surface area contributed by atoms with Crippen molar-refractivity contribution in [2.45, 2.75) is 78.4 Å². The zero-order valence-corrected chi connectivity index (χ0v) is 38.4. The number of allylic oxidation sites excluding steroid dienone is 11. The Kier molecular flexibility index (Phi) is 21.2. The van der Waals surface area contributed by atoms with Gasteiger partial charge in [0.2, 0.25) is 5.91 Å². The largest absolute Gasteiger partial charge is 0.467 e. The Hall–Kier alpha value is -6.69. The van der Waals surface area contributed by atoms with Gasteiger partial charge in [-0.3, -0.25) is 14.4 Å². The first kappa shape index (κ1) is 52.7. The van der Waals surface area contributed by atoms with Crippen LogP contribution in [0.4, 0.5) is 0 Å². The summed E-state index contributed by atoms with van der Waals surface area (Å²) in [5.74, 6) is -3.03. The number of carbonyl (C=O) groups is 6. The smallest absolute Gasteiger partial charge is 0.338 e. The number of aromatic nitrogens is 1. The molecule has 1 aliphatic rings. The molecule has 1 fully saturated rings. The highest BCUT2D eigenvalue weighted by atomic mass is 16.8. The number of aryl methyl sites for hydroxylation is 1. The summed E-state index contributed by atoms with van der Waals surface area (Å²) in [4.78, 5) is 89.8. The molecular weight excluding hydrogens is 841 g/mol. The molecule has 3 rings (SSSR count). The molecule has 2 aromatic rings. The molecule has 0 aliphatic carbocycles. The van der Waals surface area contributed by atoms with Gasteiger partial charge < -0.3 is 43.2 Å². The second-order valence-corrected chi connectivity index (χ2v) is 15.1. The van der Waals surface area contributed by atoms with Crippen molar-refractivity contribution in [2.75, 3.05) is 41.2 Å². The van der Waals surface area contributed by atoms with Crippen molar-refractivity contribution in [2.24, 2.45) is 5.41 Å². The van der Waals surface area contributed by atoms with Gasteiger partial charge in [0.25, 0.3) is 17.5 Å². The highest BCUT2D eigenvalue weighted by Crippen LogP contribution is 2.31. The maximum Gasteiger partial charge on any atom is 0.338 e. The van der Waals surface area contributed by atoms with Crippen LogP contribution in [0.3, 0.4) is 0 Å². The van der Waals surface area contributed by atoms with Crippen LogP contribution in [0.5, 0.6) is 0 Å². The van der Waals surface area contributed by atoms with E-state index in [9.17, 15) is 28.8 Å². The van der Waals surface area contributed by atoms with Crippen molar-refractivity contribution in [1.29, 1.82) is 0 Å². The Morgan fingerprint density at radius 1 is 0.954 bits per heavy atom. The monoisotopic (exact) mass is 900 g/mol. The highest BCUT2D eigenvalue weighted by Gasteiger charge is 2.57. The lowest BCUT2D eigenvalue weighted by Crippen LogP contribution is -2.65. The predicted molar refractivity (Wildman–Crippen MR) is 239 cm³/mol. The molecular formula is C48H60N4O13. The lowest BCUT2D eigenvalue weighted by atomic mass is 9.81. The maximum atomic E-state index is 14.0. The third-order valence-electron chi connectivity index (χ3n) is 9.92. The summed E-state index contributed by atoms with van der Waals surface area (Å²) < 4.78 is 32.6. The van der Waals surface area contributed by atoms with Crippen LogP contribution in [0, 0.1) is 12.3 Å². The second-order valence-electron chi connectivity index (χ2n) is 15.1. The normalized spacial score (nSPS) is 17.3. The molecule has 0 bridgehead atoms. The summed E-state index contributed by atoms with van der Waals surface area (Å²) in [6, 6.07) is 7.31. The van der Waals surface area contributed by atoms with Gasteiger partial charge in [-0.2, -0.15) is 0 Å². The lowest BCUT2D eigenvalue weighted by molar-refractivity contribution is -0.260. The Bertz CT molecular complexity index is 2140. The van der Waals surface area contributed by atoms with Gasteiger partial charge in [-0.05, 0) is 45.4 Å². The van der Waals surface area contributed by atoms with Crippen LogP contribution in [-0.2, 0) is 58.9 Å². The molecule has 17 heteroatoms. The SMILES string of the molecule is CCC(=O)ON(C(=O)C=CC=CC=CC=CCNC(=O)C(C)(C)C(OC(=O)c1ccccc1)C(C)=CC=CC=CCc1cnc(C)o1)C1(C(=O)N(C)C(C(=O)OC)C(C)OC)COCO1. The van der Waals surface area contributed by atoms with E-state index in [-0.39, 0.29) is 18.9 Å². The topological polar surface area (TPSA) is 202 Å². The molecule has 1 aromatic heterocycles. The van der Waals surface area contributed by atoms with Crippen molar-refractivity contribution in [1.82, 2.24) is 20.3 Å². The number of rotatable bonds is 22. The Morgan fingerprint density at radius 2 is 1.62 bits per heavy atom. The second kappa shape index (κ2) is 26.2. The van der Waals surface area contributed by atoms with Crippen molar-refractivity contribution in [3.63, 3.8) is 0 Å². The number of ether oxygens (including phenoxy) is 5. The fraction of sp³-hybridized carbons (Fsp3) is 0.396. The van der Waals surface area contributed by atoms with Crippen LogP contribution in [0.15, 0.2) is 126 Å². The minimum absolute atomic E-state index is 0.134. The first-order chi connectivity index (χ1) is 31.0. The number of nitrogens with zero attached hydrogens (tertiary/aromatic N) is 3. The Morgan fingerprint density at radius 3 is 2.23 bits per heavy atom. The minimum Gasteiger partial charge on any atom is -0.467 e. The molecule has 1 aromatic carbocycles. The molecule has 350 valence electrons. The molecule has 17 nitrogen and oxygen atoms in total. The number of amides is 3. The maximum absolute atomic E-state index is 14.0. The number of carbonyl (C=O) groups excluding carboxylic acids is 6. The first-order valence-electron chi connectivity index (χ1n) is 20.8. The number of esters is 2. The van der Waals surface area contributed by atoms with E-state index in [1.807, 2.05) is 18.2 Å². The molecule has 0 radical (unpaired) electrons. The van der Waals surface area contributed by atoms with Gasteiger partial charge in [-0.25, -0.2) is 19.4 Å². The van der Waals surface area contributed by atoms with E-state index in [0.29, 0.717) is 28.5 Å². The van der Waals surface area contributed by atoms with Crippen LogP contribution in [0.2, 0.25) is 0 Å². The van der Waals surface area contributed by atoms with Crippen LogP contribution >= 0.6 is 0 Å². The number of benzene rings is 1. The molecule has 1 N–H and O–H groups in total. The standard InChI is InChI=1S/C48H60N4O13/c1-10-40(54)65-52(48(32-61-33-62-48)46(58)51(7)41(35(3)59-8)44(56)60-9)39(53)29-23-14-12-11-13-17-24-30-49-45(57)47(5,6)42(64-43(55)37-26-20-18-21-27-37)34(2)25-19-15-16-22-28-38-31-50-36(4)63-38/h11-27,29,31,35,41-42H,10,28,30,32-33H2,1-9H3,(H,49,57). The number of methoxy groups -OCH3 is 2. The van der Waals surface area contributed by atoms with Gasteiger partial charge in [0.05, 0.1) is 30.4 Å². The third kappa shape index (κ3) is 15.2. The van der Waals surface area contributed by atoms with E-state index in [2.05, 4.69) is 10.3 Å². The number of hydrogen-bond acceptors (Lipinski definition) is 14. The molecule has 2 heterocycles. The summed E-state index contributed by atoms with van der Waals surface area (Å²) in [5.41, 5.74) is -2.43. The van der Waals surface area contributed by atoms with Gasteiger partial charge in [-0.15, -0.1) is 5.06 Å². The van der Waals surface area contributed by atoms with E-state index in [4.69, 9.17) is 32.9 Å². The van der Waals surface area contributed by atoms with E-state index in [1.54, 1.807) is 114 Å². The van der Waals surface area contributed by atoms with Crippen LogP contribution < -0.4 is 5.32 Å². The van der Waals surface area contributed by atoms with Crippen LogP contribution in [0.25, 0.3) is 0 Å². The summed E-state index contributed by atoms with van der Waals surface area (Å²) in [6.07, 6.45) is 21.9. The van der Waals surface area contributed by atoms with Crippen molar-refractivity contribution in [3.05, 3.63) is 138 Å². The van der Waals surface area contributed by atoms with Crippen molar-refractivity contribution < 1.29 is 61.7 Å². The van der Waals surface area contributed by atoms with Crippen LogP contribution in [-0.4, -0.2) is 116 Å². The van der Waals surface area contributed by atoms with Crippen molar-refractivity contribution >= 4 is 35.6 Å². The van der Waals surface area contributed by atoms with E-state index in [0.717, 1.165) is 23.8 Å². The van der Waals surface area contributed by atoms with E-state index >= 15 is 0 Å². The molecule has 1 aliphatic heterocycles. The molecule has 0 spiro atoms. The number of oxazole rings is 1. The number of likely N-dealkylation sites (N-methyl/N-ethyl adjacent to an activating group) is 1. The van der Waals surface area contributed by atoms with Crippen LogP contribution in [0.1, 0.15) is 63.0 Å². The molecule has 3 amide bonds. The van der Waals surface area contributed by atoms with E-state index in [1.165, 1.54) is 33.2 Å². The average Bonchev–Trinajstić information content (AvgIpc) is 3.98. The summed E-state index contributed by atoms with van der Waals surface area (Å²) >= 11 is 0. The molecule has 4 unspecified atom stereocenters. The molecule has 65 heavy (non-hydrogen) atoms. The fourth-order valence-electron chi connectivity index (χ4n) is 6.26. The highest BCUT2D eigenvalue weighted by molar-refractivity contribution is 5.96. The zero-order chi connectivity index (χ0) is 48.0. The fourth-order valence-corrected chi connectivity index (χ4v) is 6.26. The van der Waals surface area contributed by atoms with E-state index < -0.39 is 72.5 Å². The van der Waals surface area contributed by atoms with Gasteiger partial charge >= 0.3 is 17.9 Å². The van der Waals surface area contributed by atoms with Gasteiger partial charge in [0.1, 0.15) is 18.5 Å². The molecule has 4 atom stereocenters. The average molecular weight is 901 g/mol. The van der Waals surface area contributed by atoms with Gasteiger partial charge in [0.15, 0.2) is 18.7 Å². The minimum atomic E-state index is -2.27. The summed E-state index contributed by atoms with van der Waals surface area (Å²) in [5, 5.41) is 3.39. The third-order valence-corrected chi connectivity index (χ3v) is 9.92. The molecule has 0 saturated carbocycles. The van der Waals surface area contributed by atoms with Gasteiger partial charge in [0, 0.05) is 46.5 Å². The summed E-state index contributed by atoms with van der Waals surface area (Å²) in [6.45, 7) is 9.31. The molecule has 1 saturated heterocycles. The zero-order valence-electron chi connectivity index (χ0n) is 38.4. The number of hydrogen-bond donors (Lipinski definition) is 1. The Labute approximate surface area is 380 Å². The Balaban J connectivity index is 1.66. The summed E-state index contributed by atoms with van der Waals surface area (Å²) in [7, 11) is 3.81.